The fraction of sp³-hybridized carbons (Fsp3) is 0.0847. The topological polar surface area (TPSA) is 3.24 Å². The maximum atomic E-state index is 4.02. The largest absolute Gasteiger partial charge is 0.310 e. The highest BCUT2D eigenvalue weighted by atomic mass is 32.1. The summed E-state index contributed by atoms with van der Waals surface area (Å²) in [6, 6.07) is 66.1. The number of fused-ring (bicyclic) bond motifs is 13. The van der Waals surface area contributed by atoms with Gasteiger partial charge in [0.05, 0.1) is 5.41 Å². The summed E-state index contributed by atoms with van der Waals surface area (Å²) in [5.74, 6) is 0. The van der Waals surface area contributed by atoms with Gasteiger partial charge in [-0.2, -0.15) is 0 Å². The number of rotatable bonds is 6. The first-order valence-electron chi connectivity index (χ1n) is 21.3. The molecule has 1 aromatic heterocycles. The summed E-state index contributed by atoms with van der Waals surface area (Å²) in [5, 5.41) is 2.64. The van der Waals surface area contributed by atoms with E-state index in [2.05, 4.69) is 220 Å². The van der Waals surface area contributed by atoms with Crippen LogP contribution in [-0.2, 0) is 10.8 Å². The number of thiophene rings is 1. The molecule has 0 saturated carbocycles. The molecule has 290 valence electrons. The van der Waals surface area contributed by atoms with Crippen LogP contribution in [0.4, 0.5) is 17.1 Å². The minimum atomic E-state index is -0.431. The van der Waals surface area contributed by atoms with Crippen LogP contribution in [0, 0.1) is 0 Å². The normalized spacial score (nSPS) is 16.6. The minimum Gasteiger partial charge on any atom is -0.310 e. The van der Waals surface area contributed by atoms with E-state index in [4.69, 9.17) is 0 Å². The van der Waals surface area contributed by atoms with E-state index in [1.54, 1.807) is 0 Å². The maximum absolute atomic E-state index is 4.02. The first-order valence-corrected chi connectivity index (χ1v) is 22.1. The van der Waals surface area contributed by atoms with Gasteiger partial charge in [0.1, 0.15) is 0 Å². The van der Waals surface area contributed by atoms with Crippen LogP contribution in [0.25, 0.3) is 59.1 Å². The molecule has 0 amide bonds. The highest BCUT2D eigenvalue weighted by Crippen LogP contribution is 2.62. The van der Waals surface area contributed by atoms with E-state index in [0.717, 1.165) is 17.1 Å². The Hall–Kier alpha value is -7.00. The van der Waals surface area contributed by atoms with Crippen molar-refractivity contribution in [1.82, 2.24) is 0 Å². The third-order valence-corrected chi connectivity index (χ3v) is 15.2. The molecule has 1 nitrogen and oxygen atoms in total. The Kier molecular flexibility index (Phi) is 7.80. The Morgan fingerprint density at radius 3 is 1.77 bits per heavy atom. The predicted octanol–water partition coefficient (Wildman–Crippen LogP) is 16.3. The van der Waals surface area contributed by atoms with Crippen LogP contribution in [0.2, 0.25) is 0 Å². The first-order chi connectivity index (χ1) is 29.9. The molecule has 0 bridgehead atoms. The molecule has 1 unspecified atom stereocenters. The fourth-order valence-corrected chi connectivity index (χ4v) is 12.4. The lowest BCUT2D eigenvalue weighted by Gasteiger charge is -2.33. The van der Waals surface area contributed by atoms with Gasteiger partial charge in [-0.1, -0.05) is 172 Å². The molecule has 1 atom stereocenters. The number of hydrogen-bond acceptors (Lipinski definition) is 2. The number of nitrogens with zero attached hydrogens (tertiary/aromatic N) is 1. The monoisotopic (exact) mass is 797 g/mol. The van der Waals surface area contributed by atoms with Crippen molar-refractivity contribution in [1.29, 1.82) is 0 Å². The second-order valence-corrected chi connectivity index (χ2v) is 18.3. The quantitative estimate of drug-likeness (QED) is 0.152. The smallest absolute Gasteiger partial charge is 0.0686 e. The summed E-state index contributed by atoms with van der Waals surface area (Å²) in [6.07, 6.45) is 6.20. The van der Waals surface area contributed by atoms with Gasteiger partial charge in [-0.3, -0.25) is 0 Å². The molecule has 1 heterocycles. The zero-order valence-corrected chi connectivity index (χ0v) is 35.4. The lowest BCUT2D eigenvalue weighted by molar-refractivity contribution is 0.660. The summed E-state index contributed by atoms with van der Waals surface area (Å²) in [6.45, 7) is 11.1. The van der Waals surface area contributed by atoms with E-state index >= 15 is 0 Å². The van der Waals surface area contributed by atoms with E-state index in [-0.39, 0.29) is 5.41 Å². The molecule has 9 aromatic rings. The molecule has 0 fully saturated rings. The number of anilines is 3. The predicted molar refractivity (Wildman–Crippen MR) is 261 cm³/mol. The van der Waals surface area contributed by atoms with Crippen molar-refractivity contribution in [3.63, 3.8) is 0 Å². The average molecular weight is 798 g/mol. The fourth-order valence-electron chi connectivity index (χ4n) is 11.2. The van der Waals surface area contributed by atoms with Crippen molar-refractivity contribution >= 4 is 54.1 Å². The number of allylic oxidation sites excluding steroid dienone is 5. The molecule has 2 heteroatoms. The van der Waals surface area contributed by atoms with Gasteiger partial charge >= 0.3 is 0 Å². The summed E-state index contributed by atoms with van der Waals surface area (Å²) in [7, 11) is 0. The van der Waals surface area contributed by atoms with Crippen LogP contribution < -0.4 is 4.90 Å². The van der Waals surface area contributed by atoms with Gasteiger partial charge in [-0.15, -0.1) is 11.3 Å². The van der Waals surface area contributed by atoms with Crippen molar-refractivity contribution in [3.05, 3.63) is 240 Å². The molecular weight excluding hydrogens is 755 g/mol. The van der Waals surface area contributed by atoms with Crippen LogP contribution >= 0.6 is 11.3 Å². The van der Waals surface area contributed by atoms with Crippen molar-refractivity contribution in [2.75, 3.05) is 4.90 Å². The maximum Gasteiger partial charge on any atom is 0.0686 e. The minimum absolute atomic E-state index is 0.130. The Bertz CT molecular complexity index is 3370. The van der Waals surface area contributed by atoms with Gasteiger partial charge in [0, 0.05) is 42.6 Å². The summed E-state index contributed by atoms with van der Waals surface area (Å²) < 4.78 is 2.66. The Morgan fingerprint density at radius 1 is 0.492 bits per heavy atom. The molecule has 12 rings (SSSR count). The van der Waals surface area contributed by atoms with E-state index in [9.17, 15) is 0 Å². The van der Waals surface area contributed by atoms with Crippen LogP contribution in [0.3, 0.4) is 0 Å². The third kappa shape index (κ3) is 4.94. The highest BCUT2D eigenvalue weighted by molar-refractivity contribution is 7.26. The number of benzene rings is 8. The van der Waals surface area contributed by atoms with Crippen LogP contribution in [0.1, 0.15) is 54.2 Å². The van der Waals surface area contributed by atoms with Gasteiger partial charge in [0.2, 0.25) is 0 Å². The zero-order chi connectivity index (χ0) is 41.0. The lowest BCUT2D eigenvalue weighted by atomic mass is 9.70. The second kappa shape index (κ2) is 13.3. The van der Waals surface area contributed by atoms with Crippen molar-refractivity contribution in [2.24, 2.45) is 0 Å². The van der Waals surface area contributed by atoms with Crippen molar-refractivity contribution in [2.45, 2.75) is 31.6 Å². The van der Waals surface area contributed by atoms with Gasteiger partial charge in [-0.25, -0.2) is 0 Å². The van der Waals surface area contributed by atoms with Crippen LogP contribution in [0.15, 0.2) is 206 Å². The average Bonchev–Trinajstić information content (AvgIpc) is 3.97. The molecule has 0 N–H and O–H groups in total. The molecule has 8 aromatic carbocycles. The number of hydrogen-bond donors (Lipinski definition) is 0. The van der Waals surface area contributed by atoms with Crippen LogP contribution in [-0.4, -0.2) is 0 Å². The molecule has 3 aliphatic rings. The standard InChI is InChI=1S/C59H43NS/c1-5-6-16-42-37(2)59(52-24-12-8-17-44(42)52)53-25-13-9-19-46(53)48-34-32-41(36-55(48)59)60(40-31-33-47-45-18-7-11-23-51(45)58(3,4)54(47)35-40)39-29-27-38(28-30-39)43-21-15-22-50-49-20-10-14-26-56(49)61-57(43)50/h5-36H,1H2,2-4H3/b16-6-. The summed E-state index contributed by atoms with van der Waals surface area (Å²) in [5.41, 5.74) is 21.2. The second-order valence-electron chi connectivity index (χ2n) is 17.3. The molecular formula is C59H43NS. The van der Waals surface area contributed by atoms with E-state index < -0.39 is 5.41 Å². The van der Waals surface area contributed by atoms with Gasteiger partial charge in [-0.05, 0) is 127 Å². The van der Waals surface area contributed by atoms with E-state index in [0.29, 0.717) is 0 Å². The Balaban J connectivity index is 1.07. The summed E-state index contributed by atoms with van der Waals surface area (Å²) in [4.78, 5) is 2.48. The highest BCUT2D eigenvalue weighted by Gasteiger charge is 2.51. The molecule has 1 spiro atoms. The molecule has 0 aliphatic heterocycles. The Morgan fingerprint density at radius 2 is 1.03 bits per heavy atom. The molecule has 0 saturated heterocycles. The third-order valence-electron chi connectivity index (χ3n) is 13.9. The zero-order valence-electron chi connectivity index (χ0n) is 34.5. The lowest BCUT2D eigenvalue weighted by Crippen LogP contribution is -2.26. The molecule has 61 heavy (non-hydrogen) atoms. The SMILES string of the molecule is C=C/C=C\C1=C(C)C2(c3ccccc31)c1ccccc1-c1ccc(N(c3ccc(-c4cccc5c4sc4ccccc45)cc3)c3ccc4c(c3)C(C)(C)c3ccccc3-4)cc12. The first kappa shape index (κ1) is 35.9. The Labute approximate surface area is 361 Å². The van der Waals surface area contributed by atoms with Gasteiger partial charge in [0.25, 0.3) is 0 Å². The summed E-state index contributed by atoms with van der Waals surface area (Å²) >= 11 is 1.89. The van der Waals surface area contributed by atoms with Crippen molar-refractivity contribution < 1.29 is 0 Å². The van der Waals surface area contributed by atoms with Crippen LogP contribution in [0.5, 0.6) is 0 Å². The van der Waals surface area contributed by atoms with E-state index in [1.807, 2.05) is 17.4 Å². The van der Waals surface area contributed by atoms with Gasteiger partial charge in [0.15, 0.2) is 0 Å². The van der Waals surface area contributed by atoms with E-state index in [1.165, 1.54) is 98.1 Å². The molecule has 3 aliphatic carbocycles. The van der Waals surface area contributed by atoms with Gasteiger partial charge < -0.3 is 4.90 Å². The van der Waals surface area contributed by atoms with Crippen molar-refractivity contribution in [3.8, 4) is 33.4 Å². The molecule has 0 radical (unpaired) electrons.